The van der Waals surface area contributed by atoms with E-state index in [9.17, 15) is 0 Å². The Morgan fingerprint density at radius 2 is 1.93 bits per heavy atom. The molecule has 2 nitrogen and oxygen atoms in total. The fourth-order valence-electron chi connectivity index (χ4n) is 2.06. The van der Waals surface area contributed by atoms with Crippen LogP contribution in [0.2, 0.25) is 0 Å². The summed E-state index contributed by atoms with van der Waals surface area (Å²) in [5, 5.41) is 3.61. The van der Waals surface area contributed by atoms with E-state index in [1.165, 1.54) is 32.2 Å². The Kier molecular flexibility index (Phi) is 5.62. The third-order valence-corrected chi connectivity index (χ3v) is 3.44. The predicted octanol–water partition coefficient (Wildman–Crippen LogP) is 2.64. The van der Waals surface area contributed by atoms with Gasteiger partial charge in [0, 0.05) is 24.7 Å². The van der Waals surface area contributed by atoms with E-state index in [2.05, 4.69) is 37.9 Å². The van der Waals surface area contributed by atoms with Crippen LogP contribution in [0.1, 0.15) is 53.4 Å². The van der Waals surface area contributed by atoms with Crippen molar-refractivity contribution in [2.75, 3.05) is 13.1 Å². The van der Waals surface area contributed by atoms with Crippen molar-refractivity contribution >= 4 is 0 Å². The number of nitrogens with zero attached hydrogens (tertiary/aromatic N) is 1. The first-order chi connectivity index (χ1) is 7.19. The van der Waals surface area contributed by atoms with Gasteiger partial charge < -0.3 is 5.32 Å². The average Bonchev–Trinajstić information content (AvgIpc) is 3.05. The summed E-state index contributed by atoms with van der Waals surface area (Å²) in [5.41, 5.74) is 0. The molecule has 0 aromatic heterocycles. The summed E-state index contributed by atoms with van der Waals surface area (Å²) in [6, 6.07) is 2.26. The molecule has 2 atom stereocenters. The molecule has 0 aromatic rings. The van der Waals surface area contributed by atoms with E-state index in [1.54, 1.807) is 0 Å². The van der Waals surface area contributed by atoms with Gasteiger partial charge in [-0.15, -0.1) is 0 Å². The van der Waals surface area contributed by atoms with E-state index in [4.69, 9.17) is 0 Å². The molecule has 2 unspecified atom stereocenters. The topological polar surface area (TPSA) is 15.3 Å². The smallest absolute Gasteiger partial charge is 0.0195 e. The third-order valence-electron chi connectivity index (χ3n) is 3.44. The summed E-state index contributed by atoms with van der Waals surface area (Å²) in [4.78, 5) is 2.69. The van der Waals surface area contributed by atoms with Gasteiger partial charge in [0.25, 0.3) is 0 Å². The molecule has 1 rings (SSSR count). The molecule has 1 N–H and O–H groups in total. The van der Waals surface area contributed by atoms with Crippen LogP contribution in [0.4, 0.5) is 0 Å². The van der Waals surface area contributed by atoms with Crippen molar-refractivity contribution in [3.8, 4) is 0 Å². The maximum absolute atomic E-state index is 3.61. The molecular weight excluding hydrogens is 184 g/mol. The molecule has 1 saturated carbocycles. The summed E-state index contributed by atoms with van der Waals surface area (Å²) in [7, 11) is 0. The number of hydrogen-bond donors (Lipinski definition) is 1. The van der Waals surface area contributed by atoms with Crippen molar-refractivity contribution in [3.63, 3.8) is 0 Å². The second-order valence-corrected chi connectivity index (χ2v) is 5.04. The lowest BCUT2D eigenvalue weighted by atomic mass is 10.2. The van der Waals surface area contributed by atoms with E-state index >= 15 is 0 Å². The van der Waals surface area contributed by atoms with Crippen molar-refractivity contribution < 1.29 is 0 Å². The average molecular weight is 212 g/mol. The monoisotopic (exact) mass is 212 g/mol. The minimum Gasteiger partial charge on any atom is -0.313 e. The molecule has 1 aliphatic carbocycles. The standard InChI is InChI=1S/C13H28N2/c1-5-9-15(13-7-8-13)12(4)10-14-11(3)6-2/h11-14H,5-10H2,1-4H3. The molecule has 0 heterocycles. The van der Waals surface area contributed by atoms with Crippen LogP contribution >= 0.6 is 0 Å². The van der Waals surface area contributed by atoms with Crippen LogP contribution in [0.5, 0.6) is 0 Å². The summed E-state index contributed by atoms with van der Waals surface area (Å²) < 4.78 is 0. The first kappa shape index (κ1) is 13.0. The van der Waals surface area contributed by atoms with E-state index in [0.29, 0.717) is 12.1 Å². The zero-order chi connectivity index (χ0) is 11.3. The van der Waals surface area contributed by atoms with Gasteiger partial charge in [-0.25, -0.2) is 0 Å². The van der Waals surface area contributed by atoms with E-state index < -0.39 is 0 Å². The lowest BCUT2D eigenvalue weighted by Crippen LogP contribution is -2.44. The Hall–Kier alpha value is -0.0800. The SMILES string of the molecule is CCCN(C(C)CNC(C)CC)C1CC1. The van der Waals surface area contributed by atoms with Crippen LogP contribution in [0, 0.1) is 0 Å². The minimum absolute atomic E-state index is 0.662. The van der Waals surface area contributed by atoms with Crippen LogP contribution in [0.25, 0.3) is 0 Å². The predicted molar refractivity (Wildman–Crippen MR) is 67.2 cm³/mol. The second-order valence-electron chi connectivity index (χ2n) is 5.04. The first-order valence-corrected chi connectivity index (χ1v) is 6.68. The Labute approximate surface area is 95.4 Å². The summed E-state index contributed by atoms with van der Waals surface area (Å²) in [6.07, 6.45) is 5.36. The lowest BCUT2D eigenvalue weighted by Gasteiger charge is -2.30. The van der Waals surface area contributed by atoms with Crippen molar-refractivity contribution in [2.45, 2.75) is 71.5 Å². The third kappa shape index (κ3) is 4.52. The molecule has 90 valence electrons. The van der Waals surface area contributed by atoms with Gasteiger partial charge >= 0.3 is 0 Å². The maximum atomic E-state index is 3.61. The highest BCUT2D eigenvalue weighted by molar-refractivity contribution is 4.88. The molecule has 2 heteroatoms. The zero-order valence-electron chi connectivity index (χ0n) is 10.9. The van der Waals surface area contributed by atoms with Crippen LogP contribution in [-0.2, 0) is 0 Å². The Balaban J connectivity index is 2.25. The largest absolute Gasteiger partial charge is 0.313 e. The van der Waals surface area contributed by atoms with Gasteiger partial charge in [-0.05, 0) is 46.1 Å². The van der Waals surface area contributed by atoms with Crippen molar-refractivity contribution in [1.82, 2.24) is 10.2 Å². The van der Waals surface area contributed by atoms with Crippen LogP contribution in [0.15, 0.2) is 0 Å². The quantitative estimate of drug-likeness (QED) is 0.665. The molecule has 0 spiro atoms. The van der Waals surface area contributed by atoms with E-state index in [1.807, 2.05) is 0 Å². The van der Waals surface area contributed by atoms with Gasteiger partial charge in [-0.2, -0.15) is 0 Å². The second kappa shape index (κ2) is 6.49. The molecule has 0 radical (unpaired) electrons. The molecule has 0 aromatic carbocycles. The van der Waals surface area contributed by atoms with Gasteiger partial charge in [-0.3, -0.25) is 4.90 Å². The zero-order valence-corrected chi connectivity index (χ0v) is 10.9. The molecule has 1 aliphatic rings. The molecule has 1 fully saturated rings. The van der Waals surface area contributed by atoms with Crippen LogP contribution in [0.3, 0.4) is 0 Å². The van der Waals surface area contributed by atoms with E-state index in [-0.39, 0.29) is 0 Å². The summed E-state index contributed by atoms with van der Waals surface area (Å²) >= 11 is 0. The van der Waals surface area contributed by atoms with Gasteiger partial charge in [0.15, 0.2) is 0 Å². The minimum atomic E-state index is 0.662. The molecule has 15 heavy (non-hydrogen) atoms. The fourth-order valence-corrected chi connectivity index (χ4v) is 2.06. The fraction of sp³-hybridized carbons (Fsp3) is 1.00. The lowest BCUT2D eigenvalue weighted by molar-refractivity contribution is 0.191. The maximum Gasteiger partial charge on any atom is 0.0195 e. The van der Waals surface area contributed by atoms with Crippen molar-refractivity contribution in [3.05, 3.63) is 0 Å². The molecule has 0 aliphatic heterocycles. The molecule has 0 amide bonds. The summed E-state index contributed by atoms with van der Waals surface area (Å²) in [6.45, 7) is 11.6. The van der Waals surface area contributed by atoms with Crippen molar-refractivity contribution in [1.29, 1.82) is 0 Å². The highest BCUT2D eigenvalue weighted by Gasteiger charge is 2.31. The number of hydrogen-bond acceptors (Lipinski definition) is 2. The van der Waals surface area contributed by atoms with Gasteiger partial charge in [0.05, 0.1) is 0 Å². The first-order valence-electron chi connectivity index (χ1n) is 6.68. The normalized spacial score (nSPS) is 20.6. The number of nitrogens with one attached hydrogen (secondary N) is 1. The van der Waals surface area contributed by atoms with Crippen LogP contribution < -0.4 is 5.32 Å². The Bertz CT molecular complexity index is 166. The molecule has 0 bridgehead atoms. The van der Waals surface area contributed by atoms with E-state index in [0.717, 1.165) is 12.6 Å². The Morgan fingerprint density at radius 1 is 1.27 bits per heavy atom. The highest BCUT2D eigenvalue weighted by atomic mass is 15.2. The van der Waals surface area contributed by atoms with Crippen LogP contribution in [-0.4, -0.2) is 36.1 Å². The molecular formula is C13H28N2. The van der Waals surface area contributed by atoms with Crippen molar-refractivity contribution in [2.24, 2.45) is 0 Å². The molecule has 0 saturated heterocycles. The summed E-state index contributed by atoms with van der Waals surface area (Å²) in [5.74, 6) is 0. The Morgan fingerprint density at radius 3 is 2.40 bits per heavy atom. The van der Waals surface area contributed by atoms with Gasteiger partial charge in [0.1, 0.15) is 0 Å². The van der Waals surface area contributed by atoms with Gasteiger partial charge in [0.2, 0.25) is 0 Å². The van der Waals surface area contributed by atoms with Gasteiger partial charge in [-0.1, -0.05) is 13.8 Å². The highest BCUT2D eigenvalue weighted by Crippen LogP contribution is 2.28. The number of rotatable bonds is 8.